The summed E-state index contributed by atoms with van der Waals surface area (Å²) >= 11 is 3.14. The van der Waals surface area contributed by atoms with Gasteiger partial charge in [0.1, 0.15) is 0 Å². The van der Waals surface area contributed by atoms with Crippen molar-refractivity contribution in [1.29, 1.82) is 0 Å². The van der Waals surface area contributed by atoms with E-state index in [1.54, 1.807) is 35.6 Å². The van der Waals surface area contributed by atoms with E-state index >= 15 is 0 Å². The summed E-state index contributed by atoms with van der Waals surface area (Å²) in [6.45, 7) is 0. The van der Waals surface area contributed by atoms with E-state index in [1.807, 2.05) is 83.8 Å². The molecule has 27 aromatic rings. The minimum Gasteiger partial charge on any atom is -0.309 e. The van der Waals surface area contributed by atoms with Crippen LogP contribution in [0.3, 0.4) is 0 Å². The maximum atomic E-state index is 9.75. The van der Waals surface area contributed by atoms with E-state index in [0.717, 1.165) is 87.1 Å². The van der Waals surface area contributed by atoms with Gasteiger partial charge in [0.05, 0.1) is 102 Å². The normalized spacial score (nSPS) is 16.9. The van der Waals surface area contributed by atoms with Crippen molar-refractivity contribution < 1.29 is 71.3 Å². The van der Waals surface area contributed by atoms with Gasteiger partial charge in [0.25, 0.3) is 0 Å². The van der Waals surface area contributed by atoms with Crippen molar-refractivity contribution in [2.24, 2.45) is 0 Å². The van der Waals surface area contributed by atoms with E-state index < -0.39 is 372 Å². The second-order valence-electron chi connectivity index (χ2n) is 30.8. The quantitative estimate of drug-likeness (QED) is 0.100. The highest BCUT2D eigenvalue weighted by molar-refractivity contribution is 7.27. The minimum atomic E-state index is -1.14. The summed E-state index contributed by atoms with van der Waals surface area (Å²) in [7, 11) is 0. The zero-order chi connectivity index (χ0) is 135. The van der Waals surface area contributed by atoms with Crippen LogP contribution in [0.1, 0.15) is 71.3 Å². The van der Waals surface area contributed by atoms with Crippen LogP contribution >= 0.6 is 34.0 Å². The van der Waals surface area contributed by atoms with Gasteiger partial charge in [0.15, 0.2) is 0 Å². The molecule has 0 fully saturated rings. The lowest BCUT2D eigenvalue weighted by molar-refractivity contribution is 1.30. The van der Waals surface area contributed by atoms with Crippen LogP contribution in [-0.4, -0.2) is 0 Å². The second-order valence-corrected chi connectivity index (χ2v) is 33.9. The van der Waals surface area contributed by atoms with Crippen molar-refractivity contribution in [2.75, 3.05) is 14.7 Å². The van der Waals surface area contributed by atoms with Gasteiger partial charge in [-0.25, -0.2) is 0 Å². The zero-order valence-corrected chi connectivity index (χ0v) is 72.6. The number of para-hydroxylation sites is 1. The first-order valence-electron chi connectivity index (χ1n) is 68.2. The molecule has 0 unspecified atom stereocenters. The second kappa shape index (κ2) is 35.0. The number of anilines is 9. The van der Waals surface area contributed by atoms with E-state index in [4.69, 9.17) is 52.1 Å². The lowest BCUT2D eigenvalue weighted by Crippen LogP contribution is -2.10. The summed E-state index contributed by atoms with van der Waals surface area (Å²) in [6.07, 6.45) is 0. The third-order valence-electron chi connectivity index (χ3n) is 23.2. The molecule has 3 heterocycles. The maximum absolute atomic E-state index is 9.75. The third kappa shape index (κ3) is 14.8. The minimum absolute atomic E-state index is 0.00562. The van der Waals surface area contributed by atoms with E-state index in [-0.39, 0.29) is 99.0 Å². The molecule has 0 aliphatic heterocycles. The summed E-state index contributed by atoms with van der Waals surface area (Å²) < 4.78 is 465. The molecular weight excluding hydrogens is 1700 g/mol. The first kappa shape index (κ1) is 43.7. The largest absolute Gasteiger partial charge is 0.309 e. The standard InChI is InChI=1S/C48H31NS.C44H29NS.C38H25NS/c1-3-14-38-32(11-1)13-9-19-39(38)33-23-27-36(28-24-33)49(46-21-10-20-44-43-18-7-8-22-47(43)50-48(44)46)37-29-25-34(26-30-37)45-31-35-12-2-4-15-40(35)41-16-5-6-17-42(41)45;1-2-11-30(12-3-1)31-21-25-34(26-22-31)45(42-19-10-18-40-39-17-8-9-20-43(39)46-44(40)42)35-27-23-32(24-28-35)41-29-33-13-4-5-14-36(33)37-15-6-7-16-38(37)41;1-2-12-28(13-3-1)39(36-19-10-18-34-33-17-8-9-20-37(33)40-38(34)36)29-23-21-26(22-24-29)35-25-27-11-4-5-14-30(27)31-15-6-7-16-32(31)35/h1-31H;1-29H;1-25H/i2D,4D,5D,6D,7D,8D,10D,12D,15D,16D,17D,18D,20D,22D,25D,26D,29D,30D,31D;1D,2D,3D,4D,5D,6D,7D,8D,9D,10D,11D,12D,13D,14D,15D,16D,17D,18D,20D,21D,22D,23D,24D,25D,26D,27D,28D,29D;1D,2D,3D,12D,13D. The van der Waals surface area contributed by atoms with Crippen molar-refractivity contribution in [1.82, 2.24) is 0 Å². The van der Waals surface area contributed by atoms with Crippen LogP contribution in [0.2, 0.25) is 0 Å². The smallest absolute Gasteiger partial charge is 0.0645 e. The van der Waals surface area contributed by atoms with Gasteiger partial charge in [-0.15, -0.1) is 34.0 Å². The van der Waals surface area contributed by atoms with Crippen molar-refractivity contribution in [2.45, 2.75) is 0 Å². The number of fused-ring (bicyclic) bond motifs is 19. The van der Waals surface area contributed by atoms with Crippen LogP contribution < -0.4 is 14.7 Å². The van der Waals surface area contributed by atoms with E-state index in [9.17, 15) is 19.2 Å². The number of nitrogens with zero attached hydrogens (tertiary/aromatic N) is 3. The van der Waals surface area contributed by atoms with E-state index in [0.29, 0.717) is 21.9 Å². The van der Waals surface area contributed by atoms with Crippen LogP contribution in [-0.2, 0) is 0 Å². The molecule has 0 N–H and O–H groups in total. The molecular formula is C130H85N3S3. The number of hydrogen-bond acceptors (Lipinski definition) is 6. The lowest BCUT2D eigenvalue weighted by atomic mass is 9.93. The van der Waals surface area contributed by atoms with Crippen LogP contribution in [0.4, 0.5) is 51.2 Å². The first-order valence-corrected chi connectivity index (χ1v) is 44.6. The molecule has 0 saturated heterocycles. The summed E-state index contributed by atoms with van der Waals surface area (Å²) in [4.78, 5) is 3.82. The lowest BCUT2D eigenvalue weighted by Gasteiger charge is -2.26. The van der Waals surface area contributed by atoms with Crippen LogP contribution in [0.15, 0.2) is 514 Å². The summed E-state index contributed by atoms with van der Waals surface area (Å²) in [5.41, 5.74) is -1.48. The molecule has 638 valence electrons. The van der Waals surface area contributed by atoms with Gasteiger partial charge in [-0.05, 0) is 258 Å². The SMILES string of the molecule is [2H]c1c([2H])c([2H])c(N(c2ccc(-c3cc4ccccc4c4ccccc34)cc2)c2cccc3c2sc2ccccc23)c([2H])c1[2H].[2H]c1cc(N(c2c([2H])c([2H])c(-c3c([2H])c([2H])c([2H])c([2H])c3[2H])c([2H])c2[2H])c2c([2H])c([2H])c(-c3c([2H])c4c([2H])c([2H])c([2H])c([2H])c4c4c([2H])c([2H])c([2H])c([2H])c34)c([2H])c2[2H])c2sc3c([2H])c([2H])c([2H])c([2H])c3c2c1[2H].[2H]c1cc(N(c2ccc(-c3cccc4ccccc34)cc2)c2c([2H])c([2H])c(-c3c([2H])c4c([2H])c([2H])c([2H])c([2H])c4c4c([2H])c([2H])c([2H])c([2H])c34)c([2H])c2[2H])c2sc3c([2H])c([2H])c([2H])c([2H])c3c2c1[2H]. The molecule has 0 amide bonds. The zero-order valence-electron chi connectivity index (χ0n) is 122. The van der Waals surface area contributed by atoms with E-state index in [1.165, 1.54) is 21.7 Å². The Bertz CT molecular complexity index is 12600. The van der Waals surface area contributed by atoms with Gasteiger partial charge < -0.3 is 14.7 Å². The van der Waals surface area contributed by atoms with Crippen molar-refractivity contribution in [3.8, 4) is 55.6 Å². The predicted molar refractivity (Wildman–Crippen MR) is 592 cm³/mol. The molecule has 0 aliphatic rings. The Morgan fingerprint density at radius 3 is 1.09 bits per heavy atom. The van der Waals surface area contributed by atoms with Crippen LogP contribution in [0.5, 0.6) is 0 Å². The Labute approximate surface area is 873 Å². The topological polar surface area (TPSA) is 9.72 Å². The van der Waals surface area contributed by atoms with Gasteiger partial charge in [0.2, 0.25) is 0 Å². The first-order chi connectivity index (χ1) is 89.1. The molecule has 0 aliphatic carbocycles. The molecule has 24 aromatic carbocycles. The molecule has 27 rings (SSSR count). The third-order valence-corrected chi connectivity index (χ3v) is 26.7. The Morgan fingerprint density at radius 1 is 0.162 bits per heavy atom. The van der Waals surface area contributed by atoms with Crippen molar-refractivity contribution in [3.05, 3.63) is 514 Å². The highest BCUT2D eigenvalue weighted by Crippen LogP contribution is 2.52. The van der Waals surface area contributed by atoms with Crippen molar-refractivity contribution in [3.63, 3.8) is 0 Å². The molecule has 6 heteroatoms. The number of benzene rings is 24. The van der Waals surface area contributed by atoms with Gasteiger partial charge in [-0.1, -0.05) is 387 Å². The monoisotopic (exact) mass is 1840 g/mol. The predicted octanol–water partition coefficient (Wildman–Crippen LogP) is 39.0. The van der Waals surface area contributed by atoms with Gasteiger partial charge in [-0.2, -0.15) is 0 Å². The molecule has 3 aromatic heterocycles. The average molecular weight is 1840 g/mol. The van der Waals surface area contributed by atoms with Gasteiger partial charge >= 0.3 is 0 Å². The summed E-state index contributed by atoms with van der Waals surface area (Å²) in [6, 6.07) is 24.9. The molecule has 0 atom stereocenters. The highest BCUT2D eigenvalue weighted by atomic mass is 32.1. The fraction of sp³-hybridized carbons (Fsp3) is 0. The molecule has 3 nitrogen and oxygen atoms in total. The van der Waals surface area contributed by atoms with Crippen LogP contribution in [0.25, 0.3) is 192 Å². The molecule has 0 radical (unpaired) electrons. The van der Waals surface area contributed by atoms with Crippen LogP contribution in [0, 0.1) is 0 Å². The Hall–Kier alpha value is -16.8. The molecule has 136 heavy (non-hydrogen) atoms. The Morgan fingerprint density at radius 2 is 0.529 bits per heavy atom. The Balaban J connectivity index is 0.000000142. The number of thiophene rings is 3. The molecule has 0 saturated carbocycles. The van der Waals surface area contributed by atoms with E-state index in [2.05, 4.69) is 84.9 Å². The Kier molecular flexibility index (Phi) is 11.3. The van der Waals surface area contributed by atoms with Gasteiger partial charge in [-0.3, -0.25) is 0 Å². The van der Waals surface area contributed by atoms with Gasteiger partial charge in [0, 0.05) is 80.5 Å². The average Bonchev–Trinajstić information content (AvgIpc) is 0.840. The maximum Gasteiger partial charge on any atom is 0.0645 e. The summed E-state index contributed by atoms with van der Waals surface area (Å²) in [5, 5.41) is 4.15. The molecule has 0 spiro atoms. The number of rotatable bonds is 14. The fourth-order valence-electron chi connectivity index (χ4n) is 17.1. The fourth-order valence-corrected chi connectivity index (χ4v) is 20.5. The summed E-state index contributed by atoms with van der Waals surface area (Å²) in [5.74, 6) is 0. The van der Waals surface area contributed by atoms with Crippen molar-refractivity contribution >= 4 is 221 Å². The highest BCUT2D eigenvalue weighted by Gasteiger charge is 2.25. The molecule has 0 bridgehead atoms. The number of hydrogen-bond donors (Lipinski definition) is 0.